The molecule has 57 heavy (non-hydrogen) atoms. The van der Waals surface area contributed by atoms with Crippen molar-refractivity contribution in [3.8, 4) is 44.5 Å². The van der Waals surface area contributed by atoms with Crippen LogP contribution in [0.5, 0.6) is 0 Å². The van der Waals surface area contributed by atoms with Crippen LogP contribution in [0.1, 0.15) is 43.2 Å². The standard InChI is InChI=1S/C56H45N/c1-2-9-39(10-3-1)40-17-19-41(20-18-40)42-21-26-48(27-22-42)57(55-16-8-12-44-11-4-5-13-50(44)55)49-28-23-43(24-29-49)45-25-30-52-51-14-6-7-15-53(51)56(54(52)36-45)46-32-37-31-38(34-46)35-47(56)33-37/h1-30,36-38,46-47H,31-35H2. The van der Waals surface area contributed by atoms with Gasteiger partial charge in [-0.2, -0.15) is 0 Å². The molecule has 1 nitrogen and oxygen atoms in total. The van der Waals surface area contributed by atoms with Gasteiger partial charge in [0.25, 0.3) is 0 Å². The third-order valence-electron chi connectivity index (χ3n) is 14.5. The Hall–Kier alpha value is -6.18. The van der Waals surface area contributed by atoms with Gasteiger partial charge in [0.15, 0.2) is 0 Å². The summed E-state index contributed by atoms with van der Waals surface area (Å²) in [6, 6.07) is 70.3. The first-order chi connectivity index (χ1) is 28.2. The molecular weight excluding hydrogens is 687 g/mol. The molecule has 0 N–H and O–H groups in total. The molecule has 0 atom stereocenters. The SMILES string of the molecule is c1ccc(-c2ccc(-c3ccc(N(c4ccc(-c5ccc6c(c5)C5(c7ccccc7-6)C6CC7CC(C6)CC5C7)cc4)c4cccc5ccccc45)cc3)cc2)cc1. The Balaban J connectivity index is 0.916. The van der Waals surface area contributed by atoms with E-state index in [4.69, 9.17) is 0 Å². The average molecular weight is 732 g/mol. The van der Waals surface area contributed by atoms with Gasteiger partial charge < -0.3 is 4.90 Å². The number of anilines is 3. The first-order valence-corrected chi connectivity index (χ1v) is 21.1. The van der Waals surface area contributed by atoms with Gasteiger partial charge in [0.2, 0.25) is 0 Å². The van der Waals surface area contributed by atoms with E-state index in [-0.39, 0.29) is 5.41 Å². The minimum Gasteiger partial charge on any atom is -0.310 e. The van der Waals surface area contributed by atoms with Gasteiger partial charge in [-0.1, -0.05) is 152 Å². The predicted octanol–water partition coefficient (Wildman–Crippen LogP) is 15.0. The van der Waals surface area contributed by atoms with Crippen molar-refractivity contribution in [3.05, 3.63) is 199 Å². The van der Waals surface area contributed by atoms with Gasteiger partial charge in [-0.15, -0.1) is 0 Å². The number of nitrogens with zero attached hydrogens (tertiary/aromatic N) is 1. The van der Waals surface area contributed by atoms with Crippen LogP contribution >= 0.6 is 0 Å². The van der Waals surface area contributed by atoms with E-state index in [1.807, 2.05) is 0 Å². The second kappa shape index (κ2) is 12.9. The maximum atomic E-state index is 2.61. The zero-order valence-corrected chi connectivity index (χ0v) is 32.2. The molecule has 0 saturated heterocycles. The molecule has 0 aromatic heterocycles. The van der Waals surface area contributed by atoms with Crippen molar-refractivity contribution in [1.29, 1.82) is 0 Å². The van der Waals surface area contributed by atoms with Crippen LogP contribution in [-0.4, -0.2) is 0 Å². The maximum Gasteiger partial charge on any atom is 0.0540 e. The number of hydrogen-bond donors (Lipinski definition) is 0. The Morgan fingerprint density at radius 3 is 1.53 bits per heavy atom. The van der Waals surface area contributed by atoms with Gasteiger partial charge in [-0.05, 0) is 153 Å². The number of hydrogen-bond acceptors (Lipinski definition) is 1. The van der Waals surface area contributed by atoms with Crippen LogP contribution < -0.4 is 4.90 Å². The molecule has 5 aliphatic rings. The van der Waals surface area contributed by atoms with E-state index in [2.05, 4.69) is 193 Å². The first kappa shape index (κ1) is 33.0. The van der Waals surface area contributed by atoms with Crippen molar-refractivity contribution in [3.63, 3.8) is 0 Å². The minimum atomic E-state index is 0.177. The quantitative estimate of drug-likeness (QED) is 0.165. The zero-order chi connectivity index (χ0) is 37.5. The first-order valence-electron chi connectivity index (χ1n) is 21.1. The topological polar surface area (TPSA) is 3.24 Å². The molecule has 8 aromatic carbocycles. The molecule has 1 heteroatoms. The van der Waals surface area contributed by atoms with Crippen molar-refractivity contribution in [1.82, 2.24) is 0 Å². The van der Waals surface area contributed by atoms with Crippen LogP contribution in [0.15, 0.2) is 188 Å². The number of benzene rings is 8. The van der Waals surface area contributed by atoms with Gasteiger partial charge in [0.05, 0.1) is 5.69 Å². The molecule has 0 radical (unpaired) electrons. The fourth-order valence-corrected chi connectivity index (χ4v) is 12.3. The summed E-state index contributed by atoms with van der Waals surface area (Å²) in [6.07, 6.45) is 7.11. The van der Waals surface area contributed by atoms with Crippen molar-refractivity contribution in [2.24, 2.45) is 23.7 Å². The summed E-state index contributed by atoms with van der Waals surface area (Å²) in [5.74, 6) is 3.42. The predicted molar refractivity (Wildman–Crippen MR) is 238 cm³/mol. The highest BCUT2D eigenvalue weighted by Crippen LogP contribution is 2.69. The highest BCUT2D eigenvalue weighted by Gasteiger charge is 2.61. The normalized spacial score (nSPS) is 22.5. The zero-order valence-electron chi connectivity index (χ0n) is 32.2. The molecule has 13 rings (SSSR count). The average Bonchev–Trinajstić information content (AvgIpc) is 3.56. The minimum absolute atomic E-state index is 0.177. The largest absolute Gasteiger partial charge is 0.310 e. The molecule has 0 aliphatic heterocycles. The third kappa shape index (κ3) is 5.14. The van der Waals surface area contributed by atoms with E-state index in [9.17, 15) is 0 Å². The summed E-state index contributed by atoms with van der Waals surface area (Å²) in [5, 5.41) is 2.48. The molecule has 0 heterocycles. The Morgan fingerprint density at radius 2 is 0.860 bits per heavy atom. The summed E-state index contributed by atoms with van der Waals surface area (Å²) in [4.78, 5) is 2.43. The van der Waals surface area contributed by atoms with Gasteiger partial charge in [-0.25, -0.2) is 0 Å². The molecule has 1 spiro atoms. The van der Waals surface area contributed by atoms with Crippen molar-refractivity contribution < 1.29 is 0 Å². The molecule has 8 aromatic rings. The molecule has 0 unspecified atom stereocenters. The molecule has 274 valence electrons. The Labute approximate surface area is 336 Å². The Kier molecular flexibility index (Phi) is 7.49. The van der Waals surface area contributed by atoms with E-state index in [1.54, 1.807) is 11.1 Å². The van der Waals surface area contributed by atoms with E-state index < -0.39 is 0 Å². The summed E-state index contributed by atoms with van der Waals surface area (Å²) in [7, 11) is 0. The van der Waals surface area contributed by atoms with Gasteiger partial charge in [0, 0.05) is 22.2 Å². The number of fused-ring (bicyclic) bond motifs is 4. The van der Waals surface area contributed by atoms with Crippen molar-refractivity contribution >= 4 is 27.8 Å². The van der Waals surface area contributed by atoms with Gasteiger partial charge in [0.1, 0.15) is 0 Å². The number of rotatable bonds is 6. The van der Waals surface area contributed by atoms with Crippen LogP contribution in [0.3, 0.4) is 0 Å². The lowest BCUT2D eigenvalue weighted by Crippen LogP contribution is -2.55. The molecule has 5 aliphatic carbocycles. The van der Waals surface area contributed by atoms with Crippen LogP contribution in [0.4, 0.5) is 17.1 Å². The van der Waals surface area contributed by atoms with Crippen LogP contribution in [0, 0.1) is 23.7 Å². The Morgan fingerprint density at radius 1 is 0.368 bits per heavy atom. The summed E-state index contributed by atoms with van der Waals surface area (Å²) < 4.78 is 0. The summed E-state index contributed by atoms with van der Waals surface area (Å²) in [6.45, 7) is 0. The fourth-order valence-electron chi connectivity index (χ4n) is 12.3. The monoisotopic (exact) mass is 731 g/mol. The summed E-state index contributed by atoms with van der Waals surface area (Å²) in [5.41, 5.74) is 17.4. The Bertz CT molecular complexity index is 2740. The molecule has 4 saturated carbocycles. The lowest BCUT2D eigenvalue weighted by Gasteiger charge is -2.61. The van der Waals surface area contributed by atoms with E-state index in [0.717, 1.165) is 35.0 Å². The van der Waals surface area contributed by atoms with E-state index >= 15 is 0 Å². The molecular formula is C56H45N. The van der Waals surface area contributed by atoms with Crippen molar-refractivity contribution in [2.75, 3.05) is 4.90 Å². The highest BCUT2D eigenvalue weighted by atomic mass is 15.1. The second-order valence-corrected chi connectivity index (χ2v) is 17.4. The van der Waals surface area contributed by atoms with Gasteiger partial charge in [-0.3, -0.25) is 0 Å². The third-order valence-corrected chi connectivity index (χ3v) is 14.5. The summed E-state index contributed by atoms with van der Waals surface area (Å²) >= 11 is 0. The smallest absolute Gasteiger partial charge is 0.0540 e. The van der Waals surface area contributed by atoms with E-state index in [0.29, 0.717) is 0 Å². The lowest BCUT2D eigenvalue weighted by molar-refractivity contribution is -0.0399. The fraction of sp³-hybridized carbons (Fsp3) is 0.179. The van der Waals surface area contributed by atoms with E-state index in [1.165, 1.54) is 93.1 Å². The van der Waals surface area contributed by atoms with Crippen LogP contribution in [-0.2, 0) is 5.41 Å². The molecule has 4 bridgehead atoms. The lowest BCUT2D eigenvalue weighted by atomic mass is 9.43. The highest BCUT2D eigenvalue weighted by molar-refractivity contribution is 5.99. The van der Waals surface area contributed by atoms with Crippen LogP contribution in [0.25, 0.3) is 55.3 Å². The van der Waals surface area contributed by atoms with Crippen LogP contribution in [0.2, 0.25) is 0 Å². The molecule has 0 amide bonds. The second-order valence-electron chi connectivity index (χ2n) is 17.4. The molecule has 4 fully saturated rings. The van der Waals surface area contributed by atoms with Gasteiger partial charge >= 0.3 is 0 Å². The van der Waals surface area contributed by atoms with Crippen molar-refractivity contribution in [2.45, 2.75) is 37.5 Å². The maximum absolute atomic E-state index is 2.61.